The van der Waals surface area contributed by atoms with Gasteiger partial charge in [-0.2, -0.15) is 0 Å². The molecule has 0 bridgehead atoms. The lowest BCUT2D eigenvalue weighted by molar-refractivity contribution is -0.147. The number of carboxylic acid groups (broad SMARTS) is 1. The maximum absolute atomic E-state index is 11.6. The van der Waals surface area contributed by atoms with Crippen LogP contribution in [-0.2, 0) is 4.79 Å². The highest BCUT2D eigenvalue weighted by Gasteiger charge is 2.20. The minimum absolute atomic E-state index is 0.0523. The summed E-state index contributed by atoms with van der Waals surface area (Å²) in [5.74, 6) is -1.78. The Labute approximate surface area is 103 Å². The van der Waals surface area contributed by atoms with Crippen molar-refractivity contribution >= 4 is 11.9 Å². The largest absolute Gasteiger partial charge is 0.479 e. The van der Waals surface area contributed by atoms with Gasteiger partial charge < -0.3 is 24.8 Å². The van der Waals surface area contributed by atoms with Gasteiger partial charge in [0.1, 0.15) is 0 Å². The number of aliphatic hydroxyl groups excluding tert-OH is 1. The van der Waals surface area contributed by atoms with E-state index in [1.165, 1.54) is 13.2 Å². The van der Waals surface area contributed by atoms with E-state index in [1.807, 2.05) is 0 Å². The molecular weight excluding hydrogens is 244 g/mol. The maximum atomic E-state index is 11.6. The SMILES string of the molecule is COc1cc(C(=O)N[C@H](C)C[C@@H](O)C(=O)O)on1. The van der Waals surface area contributed by atoms with Gasteiger partial charge in [0.15, 0.2) is 6.10 Å². The molecule has 0 aromatic carbocycles. The van der Waals surface area contributed by atoms with Crippen LogP contribution in [-0.4, -0.2) is 46.5 Å². The highest BCUT2D eigenvalue weighted by atomic mass is 16.5. The standard InChI is InChI=1S/C10H14N2O6/c1-5(3-6(13)10(15)16)11-9(14)7-4-8(17-2)12-18-7/h4-6,13H,3H2,1-2H3,(H,11,14)(H,15,16)/t5-,6-/m1/s1. The Kier molecular flexibility index (Phi) is 4.67. The molecular formula is C10H14N2O6. The molecule has 0 fully saturated rings. The fourth-order valence-electron chi connectivity index (χ4n) is 1.25. The first-order valence-electron chi connectivity index (χ1n) is 5.16. The first kappa shape index (κ1) is 14.0. The number of hydrogen-bond donors (Lipinski definition) is 3. The molecule has 0 aliphatic heterocycles. The summed E-state index contributed by atoms with van der Waals surface area (Å²) in [7, 11) is 1.38. The maximum Gasteiger partial charge on any atom is 0.332 e. The predicted octanol–water partition coefficient (Wildman–Crippen LogP) is -0.363. The molecule has 1 rings (SSSR count). The summed E-state index contributed by atoms with van der Waals surface area (Å²) >= 11 is 0. The summed E-state index contributed by atoms with van der Waals surface area (Å²) in [4.78, 5) is 22.0. The number of carboxylic acids is 1. The van der Waals surface area contributed by atoms with E-state index in [0.717, 1.165) is 0 Å². The lowest BCUT2D eigenvalue weighted by Gasteiger charge is -2.14. The van der Waals surface area contributed by atoms with Gasteiger partial charge in [0.05, 0.1) is 13.2 Å². The van der Waals surface area contributed by atoms with Gasteiger partial charge in [-0.25, -0.2) is 4.79 Å². The van der Waals surface area contributed by atoms with E-state index in [4.69, 9.17) is 19.5 Å². The molecule has 1 aromatic rings. The van der Waals surface area contributed by atoms with Crippen LogP contribution in [0, 0.1) is 0 Å². The molecule has 0 unspecified atom stereocenters. The van der Waals surface area contributed by atoms with E-state index >= 15 is 0 Å². The molecule has 0 spiro atoms. The van der Waals surface area contributed by atoms with E-state index in [0.29, 0.717) is 0 Å². The third kappa shape index (κ3) is 3.74. The summed E-state index contributed by atoms with van der Waals surface area (Å²) in [6.45, 7) is 1.57. The molecule has 2 atom stereocenters. The lowest BCUT2D eigenvalue weighted by Crippen LogP contribution is -2.37. The van der Waals surface area contributed by atoms with E-state index < -0.39 is 24.0 Å². The Morgan fingerprint density at radius 1 is 1.61 bits per heavy atom. The number of ether oxygens (including phenoxy) is 1. The average molecular weight is 258 g/mol. The zero-order valence-corrected chi connectivity index (χ0v) is 9.91. The number of carbonyl (C=O) groups is 2. The van der Waals surface area contributed by atoms with Gasteiger partial charge >= 0.3 is 5.97 Å². The summed E-state index contributed by atoms with van der Waals surface area (Å²) in [5, 5.41) is 23.5. The Morgan fingerprint density at radius 2 is 2.28 bits per heavy atom. The van der Waals surface area contributed by atoms with Gasteiger partial charge in [0, 0.05) is 12.5 Å². The molecule has 8 heteroatoms. The molecule has 1 heterocycles. The number of rotatable bonds is 6. The number of amides is 1. The van der Waals surface area contributed by atoms with Crippen molar-refractivity contribution in [1.29, 1.82) is 0 Å². The van der Waals surface area contributed by atoms with Crippen molar-refractivity contribution in [1.82, 2.24) is 10.5 Å². The number of aromatic nitrogens is 1. The van der Waals surface area contributed by atoms with Crippen LogP contribution in [0.3, 0.4) is 0 Å². The summed E-state index contributed by atoms with van der Waals surface area (Å²) < 4.78 is 9.45. The second-order valence-electron chi connectivity index (χ2n) is 3.70. The average Bonchev–Trinajstić information content (AvgIpc) is 2.76. The smallest absolute Gasteiger partial charge is 0.332 e. The molecule has 0 aliphatic rings. The Balaban J connectivity index is 2.51. The summed E-state index contributed by atoms with van der Waals surface area (Å²) in [5.41, 5.74) is 0. The van der Waals surface area contributed by atoms with Crippen LogP contribution >= 0.6 is 0 Å². The number of carbonyl (C=O) groups excluding carboxylic acids is 1. The van der Waals surface area contributed by atoms with Crippen LogP contribution in [0.1, 0.15) is 23.9 Å². The zero-order chi connectivity index (χ0) is 13.7. The van der Waals surface area contributed by atoms with Gasteiger partial charge in [-0.3, -0.25) is 4.79 Å². The minimum atomic E-state index is -1.52. The topological polar surface area (TPSA) is 122 Å². The number of hydrogen-bond acceptors (Lipinski definition) is 6. The highest BCUT2D eigenvalue weighted by Crippen LogP contribution is 2.10. The van der Waals surface area contributed by atoms with Gasteiger partial charge in [-0.1, -0.05) is 0 Å². The predicted molar refractivity (Wildman–Crippen MR) is 58.2 cm³/mol. The normalized spacial score (nSPS) is 13.7. The summed E-state index contributed by atoms with van der Waals surface area (Å²) in [6, 6.07) is 0.773. The van der Waals surface area contributed by atoms with Gasteiger partial charge in [-0.05, 0) is 12.1 Å². The van der Waals surface area contributed by atoms with Gasteiger partial charge in [0.2, 0.25) is 5.76 Å². The van der Waals surface area contributed by atoms with Crippen molar-refractivity contribution in [3.05, 3.63) is 11.8 Å². The quantitative estimate of drug-likeness (QED) is 0.636. The molecule has 18 heavy (non-hydrogen) atoms. The number of nitrogens with zero attached hydrogens (tertiary/aromatic N) is 1. The molecule has 1 amide bonds. The van der Waals surface area contributed by atoms with Crippen molar-refractivity contribution in [2.75, 3.05) is 7.11 Å². The number of methoxy groups -OCH3 is 1. The number of aliphatic carboxylic acids is 1. The van der Waals surface area contributed by atoms with Crippen LogP contribution in [0.5, 0.6) is 5.88 Å². The molecule has 0 saturated heterocycles. The molecule has 100 valence electrons. The van der Waals surface area contributed by atoms with Crippen LogP contribution in [0.15, 0.2) is 10.6 Å². The first-order valence-corrected chi connectivity index (χ1v) is 5.16. The van der Waals surface area contributed by atoms with Gasteiger partial charge in [0.25, 0.3) is 11.8 Å². The monoisotopic (exact) mass is 258 g/mol. The fraction of sp³-hybridized carbons (Fsp3) is 0.500. The number of nitrogens with one attached hydrogen (secondary N) is 1. The van der Waals surface area contributed by atoms with E-state index in [1.54, 1.807) is 6.92 Å². The Hall–Kier alpha value is -2.09. The lowest BCUT2D eigenvalue weighted by atomic mass is 10.1. The molecule has 3 N–H and O–H groups in total. The van der Waals surface area contributed by atoms with Crippen LogP contribution in [0.4, 0.5) is 0 Å². The van der Waals surface area contributed by atoms with E-state index in [9.17, 15) is 9.59 Å². The Bertz CT molecular complexity index is 430. The second kappa shape index (κ2) is 6.01. The van der Waals surface area contributed by atoms with Crippen LogP contribution < -0.4 is 10.1 Å². The van der Waals surface area contributed by atoms with Crippen molar-refractivity contribution < 1.29 is 29.1 Å². The zero-order valence-electron chi connectivity index (χ0n) is 9.91. The second-order valence-corrected chi connectivity index (χ2v) is 3.70. The van der Waals surface area contributed by atoms with Crippen molar-refractivity contribution in [2.24, 2.45) is 0 Å². The van der Waals surface area contributed by atoms with Crippen molar-refractivity contribution in [3.8, 4) is 5.88 Å². The minimum Gasteiger partial charge on any atom is -0.479 e. The van der Waals surface area contributed by atoms with E-state index in [2.05, 4.69) is 10.5 Å². The highest BCUT2D eigenvalue weighted by molar-refractivity contribution is 5.91. The molecule has 1 aromatic heterocycles. The van der Waals surface area contributed by atoms with E-state index in [-0.39, 0.29) is 18.1 Å². The molecule has 8 nitrogen and oxygen atoms in total. The van der Waals surface area contributed by atoms with Crippen LogP contribution in [0.25, 0.3) is 0 Å². The fourth-order valence-corrected chi connectivity index (χ4v) is 1.25. The Morgan fingerprint density at radius 3 is 2.78 bits per heavy atom. The summed E-state index contributed by atoms with van der Waals surface area (Å²) in [6.07, 6.45) is -1.63. The first-order chi connectivity index (χ1) is 8.43. The van der Waals surface area contributed by atoms with Gasteiger partial charge in [-0.15, -0.1) is 0 Å². The molecule has 0 saturated carbocycles. The number of aliphatic hydroxyl groups is 1. The van der Waals surface area contributed by atoms with Crippen molar-refractivity contribution in [2.45, 2.75) is 25.5 Å². The van der Waals surface area contributed by atoms with Crippen LogP contribution in [0.2, 0.25) is 0 Å². The third-order valence-electron chi connectivity index (χ3n) is 2.16. The third-order valence-corrected chi connectivity index (χ3v) is 2.16. The van der Waals surface area contributed by atoms with Crippen molar-refractivity contribution in [3.63, 3.8) is 0 Å². The molecule has 0 radical (unpaired) electrons. The molecule has 0 aliphatic carbocycles.